The number of rotatable bonds is 3. The van der Waals surface area contributed by atoms with Gasteiger partial charge in [0.05, 0.1) is 10.5 Å². The predicted octanol–water partition coefficient (Wildman–Crippen LogP) is 1.82. The zero-order valence-electron chi connectivity index (χ0n) is 7.51. The van der Waals surface area contributed by atoms with E-state index in [0.29, 0.717) is 0 Å². The standard InChI is InChI=1S/C9H7NO5/c1-5(11)6-2-7(9(12)13)4-8(3-6)10(14)15/h2-4,11H,1H2,(H,12,13). The Morgan fingerprint density at radius 2 is 1.80 bits per heavy atom. The molecule has 0 fully saturated rings. The first-order chi connectivity index (χ1) is 6.91. The number of carbonyl (C=O) groups is 1. The van der Waals surface area contributed by atoms with Crippen LogP contribution in [0, 0.1) is 10.1 Å². The normalized spacial score (nSPS) is 9.60. The van der Waals surface area contributed by atoms with Crippen LogP contribution in [0.5, 0.6) is 0 Å². The van der Waals surface area contributed by atoms with Gasteiger partial charge in [-0.2, -0.15) is 0 Å². The highest BCUT2D eigenvalue weighted by Crippen LogP contribution is 2.20. The van der Waals surface area contributed by atoms with Crippen LogP contribution in [-0.2, 0) is 0 Å². The number of carboxylic acid groups (broad SMARTS) is 1. The van der Waals surface area contributed by atoms with Crippen molar-refractivity contribution in [1.29, 1.82) is 0 Å². The van der Waals surface area contributed by atoms with Crippen LogP contribution >= 0.6 is 0 Å². The van der Waals surface area contributed by atoms with Crippen LogP contribution in [-0.4, -0.2) is 21.1 Å². The van der Waals surface area contributed by atoms with E-state index in [1.54, 1.807) is 0 Å². The Morgan fingerprint density at radius 1 is 1.27 bits per heavy atom. The zero-order chi connectivity index (χ0) is 11.6. The Bertz CT molecular complexity index is 373. The number of nitrogens with zero attached hydrogens (tertiary/aromatic N) is 1. The van der Waals surface area contributed by atoms with Crippen LogP contribution in [0.25, 0.3) is 5.76 Å². The molecule has 0 aliphatic carbocycles. The lowest BCUT2D eigenvalue weighted by Gasteiger charge is -2.01. The van der Waals surface area contributed by atoms with Crippen molar-refractivity contribution in [3.05, 3.63) is 46.0 Å². The molecule has 0 heterocycles. The van der Waals surface area contributed by atoms with Gasteiger partial charge >= 0.3 is 5.97 Å². The molecule has 0 aliphatic rings. The van der Waals surface area contributed by atoms with Gasteiger partial charge in [0.25, 0.3) is 5.69 Å². The maximum absolute atomic E-state index is 10.6. The average Bonchev–Trinajstić information content (AvgIpc) is 2.16. The number of benzene rings is 1. The van der Waals surface area contributed by atoms with Gasteiger partial charge < -0.3 is 10.2 Å². The van der Waals surface area contributed by atoms with Gasteiger partial charge in [0, 0.05) is 17.7 Å². The molecule has 1 rings (SSSR count). The first-order valence-electron chi connectivity index (χ1n) is 3.83. The number of non-ortho nitro benzene ring substituents is 1. The summed E-state index contributed by atoms with van der Waals surface area (Å²) in [6.07, 6.45) is 0. The zero-order valence-corrected chi connectivity index (χ0v) is 7.51. The highest BCUT2D eigenvalue weighted by molar-refractivity contribution is 5.89. The summed E-state index contributed by atoms with van der Waals surface area (Å²) in [5.41, 5.74) is -0.656. The number of nitro groups is 1. The minimum absolute atomic E-state index is 0.0154. The second kappa shape index (κ2) is 3.79. The molecule has 6 heteroatoms. The van der Waals surface area contributed by atoms with E-state index in [1.165, 1.54) is 0 Å². The number of aliphatic hydroxyl groups is 1. The van der Waals surface area contributed by atoms with Gasteiger partial charge in [-0.25, -0.2) is 4.79 Å². The van der Waals surface area contributed by atoms with E-state index in [-0.39, 0.29) is 11.1 Å². The van der Waals surface area contributed by atoms with Gasteiger partial charge in [0.1, 0.15) is 5.76 Å². The van der Waals surface area contributed by atoms with E-state index < -0.39 is 22.3 Å². The fourth-order valence-electron chi connectivity index (χ4n) is 1.01. The van der Waals surface area contributed by atoms with Crippen molar-refractivity contribution < 1.29 is 19.9 Å². The Kier molecular flexibility index (Phi) is 2.70. The maximum atomic E-state index is 10.6. The third-order valence-corrected chi connectivity index (χ3v) is 1.71. The Labute approximate surface area is 84.2 Å². The Balaban J connectivity index is 3.39. The van der Waals surface area contributed by atoms with Gasteiger partial charge in [-0.3, -0.25) is 10.1 Å². The molecule has 0 radical (unpaired) electrons. The molecule has 0 bridgehead atoms. The molecule has 78 valence electrons. The molecule has 0 amide bonds. The van der Waals surface area contributed by atoms with E-state index in [4.69, 9.17) is 10.2 Å². The monoisotopic (exact) mass is 209 g/mol. The van der Waals surface area contributed by atoms with E-state index >= 15 is 0 Å². The molecule has 0 saturated carbocycles. The van der Waals surface area contributed by atoms with Crippen LogP contribution < -0.4 is 0 Å². The molecule has 0 aliphatic heterocycles. The van der Waals surface area contributed by atoms with Crippen molar-refractivity contribution in [2.24, 2.45) is 0 Å². The van der Waals surface area contributed by atoms with Crippen LogP contribution in [0.15, 0.2) is 24.8 Å². The second-order valence-electron chi connectivity index (χ2n) is 2.78. The molecule has 2 N–H and O–H groups in total. The number of carboxylic acids is 1. The van der Waals surface area contributed by atoms with Crippen LogP contribution in [0.2, 0.25) is 0 Å². The third-order valence-electron chi connectivity index (χ3n) is 1.71. The number of aliphatic hydroxyl groups excluding tert-OH is 1. The summed E-state index contributed by atoms with van der Waals surface area (Å²) < 4.78 is 0. The van der Waals surface area contributed by atoms with Crippen molar-refractivity contribution in [2.45, 2.75) is 0 Å². The highest BCUT2D eigenvalue weighted by Gasteiger charge is 2.14. The number of aromatic carboxylic acids is 1. The molecule has 0 unspecified atom stereocenters. The summed E-state index contributed by atoms with van der Waals surface area (Å²) >= 11 is 0. The van der Waals surface area contributed by atoms with Crippen molar-refractivity contribution in [2.75, 3.05) is 0 Å². The summed E-state index contributed by atoms with van der Waals surface area (Å²) in [7, 11) is 0. The van der Waals surface area contributed by atoms with Crippen LogP contribution in [0.4, 0.5) is 5.69 Å². The average molecular weight is 209 g/mol. The predicted molar refractivity (Wildman–Crippen MR) is 51.7 cm³/mol. The van der Waals surface area contributed by atoms with E-state index in [9.17, 15) is 14.9 Å². The van der Waals surface area contributed by atoms with Crippen molar-refractivity contribution in [3.8, 4) is 0 Å². The molecule has 6 nitrogen and oxygen atoms in total. The largest absolute Gasteiger partial charge is 0.508 e. The molecule has 15 heavy (non-hydrogen) atoms. The summed E-state index contributed by atoms with van der Waals surface area (Å²) in [4.78, 5) is 20.3. The smallest absolute Gasteiger partial charge is 0.335 e. The first kappa shape index (κ1) is 10.7. The number of nitro benzene ring substituents is 1. The lowest BCUT2D eigenvalue weighted by molar-refractivity contribution is -0.384. The SMILES string of the molecule is C=C(O)c1cc(C(=O)O)cc([N+](=O)[O-])c1. The second-order valence-corrected chi connectivity index (χ2v) is 2.78. The van der Waals surface area contributed by atoms with Gasteiger partial charge in [-0.1, -0.05) is 6.58 Å². The minimum Gasteiger partial charge on any atom is -0.508 e. The fraction of sp³-hybridized carbons (Fsp3) is 0. The summed E-state index contributed by atoms with van der Waals surface area (Å²) in [6.45, 7) is 3.17. The summed E-state index contributed by atoms with van der Waals surface area (Å²) in [5, 5.41) is 28.1. The lowest BCUT2D eigenvalue weighted by Crippen LogP contribution is -2.00. The maximum Gasteiger partial charge on any atom is 0.335 e. The molecule has 0 spiro atoms. The van der Waals surface area contributed by atoms with Gasteiger partial charge in [0.15, 0.2) is 0 Å². The summed E-state index contributed by atoms with van der Waals surface area (Å²) in [5.74, 6) is -1.72. The molecular formula is C9H7NO5. The topological polar surface area (TPSA) is 101 Å². The Morgan fingerprint density at radius 3 is 2.20 bits per heavy atom. The quantitative estimate of drug-likeness (QED) is 0.449. The van der Waals surface area contributed by atoms with Gasteiger partial charge in [0.2, 0.25) is 0 Å². The van der Waals surface area contributed by atoms with E-state index in [0.717, 1.165) is 18.2 Å². The highest BCUT2D eigenvalue weighted by atomic mass is 16.6. The molecule has 1 aromatic rings. The lowest BCUT2D eigenvalue weighted by atomic mass is 10.1. The van der Waals surface area contributed by atoms with Crippen LogP contribution in [0.1, 0.15) is 15.9 Å². The number of hydrogen-bond acceptors (Lipinski definition) is 4. The molecule has 1 aromatic carbocycles. The van der Waals surface area contributed by atoms with Gasteiger partial charge in [-0.05, 0) is 6.07 Å². The molecule has 0 atom stereocenters. The van der Waals surface area contributed by atoms with Crippen LogP contribution in [0.3, 0.4) is 0 Å². The minimum atomic E-state index is -1.30. The fourth-order valence-corrected chi connectivity index (χ4v) is 1.01. The Hall–Kier alpha value is -2.37. The van der Waals surface area contributed by atoms with E-state index in [2.05, 4.69) is 6.58 Å². The third kappa shape index (κ3) is 2.31. The van der Waals surface area contributed by atoms with Crippen molar-refractivity contribution in [1.82, 2.24) is 0 Å². The first-order valence-corrected chi connectivity index (χ1v) is 3.83. The number of hydrogen-bond donors (Lipinski definition) is 2. The molecule has 0 aromatic heterocycles. The molecular weight excluding hydrogens is 202 g/mol. The van der Waals surface area contributed by atoms with Gasteiger partial charge in [-0.15, -0.1) is 0 Å². The van der Waals surface area contributed by atoms with Crippen molar-refractivity contribution >= 4 is 17.4 Å². The van der Waals surface area contributed by atoms with Crippen molar-refractivity contribution in [3.63, 3.8) is 0 Å². The molecule has 0 saturated heterocycles. The van der Waals surface area contributed by atoms with E-state index in [1.807, 2.05) is 0 Å². The summed E-state index contributed by atoms with van der Waals surface area (Å²) in [6, 6.07) is 3.07.